The van der Waals surface area contributed by atoms with Crippen LogP contribution in [-0.4, -0.2) is 73.8 Å². The highest BCUT2D eigenvalue weighted by Crippen LogP contribution is 2.40. The monoisotopic (exact) mass is 482 g/mol. The van der Waals surface area contributed by atoms with E-state index in [2.05, 4.69) is 21.9 Å². The molecule has 0 radical (unpaired) electrons. The van der Waals surface area contributed by atoms with E-state index in [9.17, 15) is 9.59 Å². The fourth-order valence-electron chi connectivity index (χ4n) is 5.69. The van der Waals surface area contributed by atoms with Gasteiger partial charge in [-0.2, -0.15) is 0 Å². The van der Waals surface area contributed by atoms with Crippen LogP contribution in [0.5, 0.6) is 0 Å². The van der Waals surface area contributed by atoms with Crippen molar-refractivity contribution in [3.05, 3.63) is 108 Å². The largest absolute Gasteiger partial charge is 0.379 e. The molecule has 3 aromatic rings. The molecule has 2 fully saturated rings. The molecule has 2 unspecified atom stereocenters. The van der Waals surface area contributed by atoms with Crippen molar-refractivity contribution >= 4 is 11.6 Å². The van der Waals surface area contributed by atoms with Crippen molar-refractivity contribution in [3.63, 3.8) is 0 Å². The molecule has 0 bridgehead atoms. The number of hydrogen-bond acceptors (Lipinski definition) is 5. The van der Waals surface area contributed by atoms with Crippen LogP contribution in [0, 0.1) is 11.8 Å². The average Bonchev–Trinajstić information content (AvgIpc) is 2.96. The molecule has 5 rings (SSSR count). The predicted octanol–water partition coefficient (Wildman–Crippen LogP) is 4.42. The number of piperidine rings is 1. The van der Waals surface area contributed by atoms with Gasteiger partial charge in [0, 0.05) is 68.1 Å². The third kappa shape index (κ3) is 5.65. The Labute approximate surface area is 213 Å². The van der Waals surface area contributed by atoms with Crippen molar-refractivity contribution in [2.24, 2.45) is 11.8 Å². The van der Waals surface area contributed by atoms with Crippen LogP contribution in [0.15, 0.2) is 91.0 Å². The van der Waals surface area contributed by atoms with Gasteiger partial charge in [-0.15, -0.1) is 0 Å². The van der Waals surface area contributed by atoms with Crippen LogP contribution in [0.4, 0.5) is 0 Å². The Morgan fingerprint density at radius 1 is 0.639 bits per heavy atom. The van der Waals surface area contributed by atoms with Gasteiger partial charge in [0.05, 0.1) is 13.2 Å². The molecule has 2 saturated heterocycles. The van der Waals surface area contributed by atoms with Gasteiger partial charge in [0.25, 0.3) is 0 Å². The van der Waals surface area contributed by atoms with Crippen LogP contribution in [0.1, 0.15) is 32.2 Å². The van der Waals surface area contributed by atoms with Gasteiger partial charge in [0.2, 0.25) is 0 Å². The smallest absolute Gasteiger partial charge is 0.167 e. The highest BCUT2D eigenvalue weighted by atomic mass is 16.5. The van der Waals surface area contributed by atoms with Gasteiger partial charge >= 0.3 is 0 Å². The molecule has 3 aromatic carbocycles. The summed E-state index contributed by atoms with van der Waals surface area (Å²) in [6.07, 6.45) is 0. The molecule has 186 valence electrons. The van der Waals surface area contributed by atoms with Crippen LogP contribution >= 0.6 is 0 Å². The molecule has 2 aliphatic rings. The average molecular weight is 483 g/mol. The van der Waals surface area contributed by atoms with Crippen LogP contribution in [-0.2, 0) is 4.74 Å². The van der Waals surface area contributed by atoms with E-state index in [0.29, 0.717) is 24.2 Å². The maximum absolute atomic E-state index is 14.0. The molecule has 0 aliphatic carbocycles. The van der Waals surface area contributed by atoms with Crippen molar-refractivity contribution in [2.75, 3.05) is 52.5 Å². The van der Waals surface area contributed by atoms with Gasteiger partial charge in [-0.3, -0.25) is 14.5 Å². The third-order valence-corrected chi connectivity index (χ3v) is 7.59. The number of carbonyl (C=O) groups excluding carboxylic acids is 2. The summed E-state index contributed by atoms with van der Waals surface area (Å²) in [6.45, 7) is 6.43. The maximum atomic E-state index is 14.0. The summed E-state index contributed by atoms with van der Waals surface area (Å²) in [7, 11) is 0. The van der Waals surface area contributed by atoms with E-state index in [1.807, 2.05) is 78.9 Å². The van der Waals surface area contributed by atoms with Crippen LogP contribution in [0.2, 0.25) is 0 Å². The first-order chi connectivity index (χ1) is 17.7. The fourth-order valence-corrected chi connectivity index (χ4v) is 5.69. The molecule has 2 heterocycles. The zero-order chi connectivity index (χ0) is 24.7. The molecule has 2 aliphatic heterocycles. The lowest BCUT2D eigenvalue weighted by molar-refractivity contribution is 0.0258. The van der Waals surface area contributed by atoms with Gasteiger partial charge < -0.3 is 9.64 Å². The molecule has 36 heavy (non-hydrogen) atoms. The Kier molecular flexibility index (Phi) is 8.01. The van der Waals surface area contributed by atoms with Gasteiger partial charge in [-0.05, 0) is 5.56 Å². The van der Waals surface area contributed by atoms with Crippen molar-refractivity contribution < 1.29 is 14.3 Å². The van der Waals surface area contributed by atoms with E-state index < -0.39 is 0 Å². The van der Waals surface area contributed by atoms with E-state index in [-0.39, 0.29) is 29.3 Å². The molecule has 0 amide bonds. The number of hydrogen-bond donors (Lipinski definition) is 0. The molecule has 0 saturated carbocycles. The van der Waals surface area contributed by atoms with Crippen molar-refractivity contribution in [1.29, 1.82) is 0 Å². The minimum atomic E-state index is -0.300. The van der Waals surface area contributed by atoms with Crippen LogP contribution in [0.25, 0.3) is 0 Å². The molecule has 5 nitrogen and oxygen atoms in total. The molecule has 0 aromatic heterocycles. The lowest BCUT2D eigenvalue weighted by Gasteiger charge is -2.43. The van der Waals surface area contributed by atoms with Gasteiger partial charge in [0.15, 0.2) is 11.6 Å². The van der Waals surface area contributed by atoms with Crippen molar-refractivity contribution in [3.8, 4) is 0 Å². The Hall–Kier alpha value is -3.12. The predicted molar refractivity (Wildman–Crippen MR) is 141 cm³/mol. The van der Waals surface area contributed by atoms with E-state index >= 15 is 0 Å². The fraction of sp³-hybridized carbons (Fsp3) is 0.355. The van der Waals surface area contributed by atoms with E-state index in [1.54, 1.807) is 0 Å². The quantitative estimate of drug-likeness (QED) is 0.445. The number of ether oxygens (including phenoxy) is 1. The third-order valence-electron chi connectivity index (χ3n) is 7.59. The highest BCUT2D eigenvalue weighted by Gasteiger charge is 2.44. The zero-order valence-electron chi connectivity index (χ0n) is 20.7. The van der Waals surface area contributed by atoms with Crippen LogP contribution in [0.3, 0.4) is 0 Å². The first kappa shape index (κ1) is 24.6. The maximum Gasteiger partial charge on any atom is 0.167 e. The minimum absolute atomic E-state index is 0.117. The number of benzene rings is 3. The number of ketones is 2. The lowest BCUT2D eigenvalue weighted by atomic mass is 9.68. The molecular weight excluding hydrogens is 448 g/mol. The first-order valence-corrected chi connectivity index (χ1v) is 13.0. The van der Waals surface area contributed by atoms with E-state index in [4.69, 9.17) is 4.74 Å². The summed E-state index contributed by atoms with van der Waals surface area (Å²) in [6, 6.07) is 29.2. The number of carbonyl (C=O) groups is 2. The summed E-state index contributed by atoms with van der Waals surface area (Å²) in [4.78, 5) is 32.7. The number of Topliss-reactive ketones (excluding diaryl/α,β-unsaturated/α-hetero) is 2. The molecule has 0 N–H and O–H groups in total. The summed E-state index contributed by atoms with van der Waals surface area (Å²) < 4.78 is 5.51. The SMILES string of the molecule is O=C(c1ccccc1)C1CN(CCN2CCOCC2)CC(C(=O)c2ccccc2)C1c1ccccc1. The summed E-state index contributed by atoms with van der Waals surface area (Å²) in [5.41, 5.74) is 2.49. The van der Waals surface area contributed by atoms with Crippen molar-refractivity contribution in [1.82, 2.24) is 9.80 Å². The van der Waals surface area contributed by atoms with Crippen LogP contribution < -0.4 is 0 Å². The van der Waals surface area contributed by atoms with Gasteiger partial charge in [-0.25, -0.2) is 0 Å². The molecule has 2 atom stereocenters. The normalized spacial score (nSPS) is 23.3. The Balaban J connectivity index is 1.49. The van der Waals surface area contributed by atoms with E-state index in [0.717, 1.165) is 45.0 Å². The zero-order valence-corrected chi connectivity index (χ0v) is 20.7. The summed E-state index contributed by atoms with van der Waals surface area (Å²) in [5, 5.41) is 0. The first-order valence-electron chi connectivity index (χ1n) is 13.0. The topological polar surface area (TPSA) is 49.9 Å². The summed E-state index contributed by atoms with van der Waals surface area (Å²) in [5.74, 6) is -0.541. The number of nitrogens with zero attached hydrogens (tertiary/aromatic N) is 2. The molecule has 5 heteroatoms. The minimum Gasteiger partial charge on any atom is -0.379 e. The lowest BCUT2D eigenvalue weighted by Crippen LogP contribution is -2.52. The second-order valence-corrected chi connectivity index (χ2v) is 9.82. The Bertz CT molecular complexity index is 1070. The highest BCUT2D eigenvalue weighted by molar-refractivity contribution is 6.02. The van der Waals surface area contributed by atoms with Gasteiger partial charge in [-0.1, -0.05) is 91.0 Å². The molecule has 0 spiro atoms. The second kappa shape index (κ2) is 11.7. The van der Waals surface area contributed by atoms with E-state index in [1.165, 1.54) is 0 Å². The Morgan fingerprint density at radius 2 is 1.08 bits per heavy atom. The Morgan fingerprint density at radius 3 is 1.58 bits per heavy atom. The number of rotatable bonds is 8. The second-order valence-electron chi connectivity index (χ2n) is 9.82. The molecular formula is C31H34N2O3. The van der Waals surface area contributed by atoms with Crippen molar-refractivity contribution in [2.45, 2.75) is 5.92 Å². The number of likely N-dealkylation sites (tertiary alicyclic amines) is 1. The number of morpholine rings is 1. The standard InChI is InChI=1S/C31H34N2O3/c34-30(25-12-6-2-7-13-25)27-22-33(17-16-32-18-20-36-21-19-32)23-28(29(27)24-10-4-1-5-11-24)31(35)26-14-8-3-9-15-26/h1-15,27-29H,16-23H2. The van der Waals surface area contributed by atoms with Gasteiger partial charge in [0.1, 0.15) is 0 Å². The summed E-state index contributed by atoms with van der Waals surface area (Å²) >= 11 is 0.